The first-order valence-electron chi connectivity index (χ1n) is 2.47. The minimum atomic E-state index is 0. The van der Waals surface area contributed by atoms with Crippen LogP contribution in [-0.2, 0) is 19.2 Å². The summed E-state index contributed by atoms with van der Waals surface area (Å²) in [5.41, 5.74) is 0. The first kappa shape index (κ1) is 5.33. The summed E-state index contributed by atoms with van der Waals surface area (Å²) in [7, 11) is 0. The molecule has 0 N–H and O–H groups in total. The number of hydrogen-bond donors (Lipinski definition) is 0. The molecule has 0 unspecified atom stereocenters. The molecule has 1 heteroatoms. The molecule has 0 aliphatic heterocycles. The van der Waals surface area contributed by atoms with Crippen molar-refractivity contribution >= 4 is 0 Å². The van der Waals surface area contributed by atoms with Crippen LogP contribution < -0.4 is 0 Å². The molecule has 0 saturated carbocycles. The van der Waals surface area contributed by atoms with E-state index in [0.717, 1.165) is 0 Å². The smallest absolute Gasteiger partial charge is 1.00 e. The molecular weight excluding hydrogens is 120 g/mol. The second-order valence-corrected chi connectivity index (χ2v) is 3.36. The first-order chi connectivity index (χ1) is 3.43. The van der Waals surface area contributed by atoms with Crippen LogP contribution >= 0.6 is 0 Å². The summed E-state index contributed by atoms with van der Waals surface area (Å²) in [5, 5.41) is 2.32. The molecule has 0 saturated heterocycles. The molecule has 1 aliphatic carbocycles. The van der Waals surface area contributed by atoms with Gasteiger partial charge in [0.05, 0.1) is 0 Å². The van der Waals surface area contributed by atoms with Crippen LogP contribution in [-0.4, -0.2) is 0 Å². The molecule has 0 bridgehead atoms. The van der Waals surface area contributed by atoms with Gasteiger partial charge >= 0.3 is 52.9 Å². The van der Waals surface area contributed by atoms with Gasteiger partial charge in [0, 0.05) is 0 Å². The third-order valence-corrected chi connectivity index (χ3v) is 2.67. The second kappa shape index (κ2) is 2.49. The van der Waals surface area contributed by atoms with Gasteiger partial charge in [-0.3, -0.25) is 0 Å². The van der Waals surface area contributed by atoms with Gasteiger partial charge in [-0.1, -0.05) is 0 Å². The van der Waals surface area contributed by atoms with Gasteiger partial charge in [-0.2, -0.15) is 0 Å². The van der Waals surface area contributed by atoms with Crippen molar-refractivity contribution in [3.05, 3.63) is 22.1 Å². The minimum Gasteiger partial charge on any atom is -1.00 e. The topological polar surface area (TPSA) is 0 Å². The minimum absolute atomic E-state index is 0. The molecule has 38 valence electrons. The van der Waals surface area contributed by atoms with Crippen molar-refractivity contribution in [2.24, 2.45) is 0 Å². The number of hydrogen-bond acceptors (Lipinski definition) is 0. The molecule has 0 nitrogen and oxygen atoms in total. The van der Waals surface area contributed by atoms with E-state index in [4.69, 9.17) is 0 Å². The van der Waals surface area contributed by atoms with E-state index in [1.165, 1.54) is 6.42 Å². The van der Waals surface area contributed by atoms with Crippen LogP contribution in [0.4, 0.5) is 0 Å². The van der Waals surface area contributed by atoms with Crippen LogP contribution in [0.5, 0.6) is 0 Å². The zero-order valence-electron chi connectivity index (χ0n) is 6.44. The molecule has 1 rings (SSSR count). The Kier molecular flexibility index (Phi) is 1.90. The van der Waals surface area contributed by atoms with E-state index in [-0.39, 0.29) is 2.85 Å². The fourth-order valence-electron chi connectivity index (χ4n) is 0.633. The monoisotopic (exact) mass is 130 g/mol. The Balaban J connectivity index is 0. The van der Waals surface area contributed by atoms with E-state index in [0.29, 0.717) is 19.2 Å². The molecule has 0 fully saturated rings. The van der Waals surface area contributed by atoms with E-state index >= 15 is 0 Å². The summed E-state index contributed by atoms with van der Waals surface area (Å²) in [5.74, 6) is 0. The van der Waals surface area contributed by atoms with E-state index in [1.54, 1.807) is 3.88 Å². The van der Waals surface area contributed by atoms with Gasteiger partial charge in [0.15, 0.2) is 0 Å². The molecular formula is C6H10Ti. The molecule has 0 radical (unpaired) electrons. The maximum Gasteiger partial charge on any atom is -1.00 e. The summed E-state index contributed by atoms with van der Waals surface area (Å²) in [6.07, 6.45) is 7.88. The van der Waals surface area contributed by atoms with Gasteiger partial charge in [-0.25, -0.2) is 0 Å². The van der Waals surface area contributed by atoms with Crippen LogP contribution in [0.2, 0.25) is 5.23 Å². The quantitative estimate of drug-likeness (QED) is 0.477. The van der Waals surface area contributed by atoms with Crippen molar-refractivity contribution in [3.63, 3.8) is 0 Å². The SMILES string of the molecule is [CH3][Ti+2][C]1=CC=CC1.[H-].[H-]. The Morgan fingerprint density at radius 2 is 2.71 bits per heavy atom. The molecule has 0 amide bonds. The fraction of sp³-hybridized carbons (Fsp3) is 0.333. The van der Waals surface area contributed by atoms with Crippen molar-refractivity contribution in [1.29, 1.82) is 0 Å². The molecule has 1 aliphatic rings. The molecule has 0 heterocycles. The van der Waals surface area contributed by atoms with Gasteiger partial charge in [0.1, 0.15) is 0 Å². The maximum atomic E-state index is 2.32. The van der Waals surface area contributed by atoms with Crippen LogP contribution in [0.1, 0.15) is 9.27 Å². The molecule has 0 aromatic heterocycles. The Morgan fingerprint density at radius 3 is 3.00 bits per heavy atom. The number of allylic oxidation sites excluding steroid dienone is 4. The first-order valence-corrected chi connectivity index (χ1v) is 4.81. The van der Waals surface area contributed by atoms with Gasteiger partial charge in [0.25, 0.3) is 0 Å². The van der Waals surface area contributed by atoms with Crippen molar-refractivity contribution < 1.29 is 22.0 Å². The molecule has 0 atom stereocenters. The van der Waals surface area contributed by atoms with Crippen LogP contribution in [0.25, 0.3) is 0 Å². The average Bonchev–Trinajstić information content (AvgIpc) is 2.14. The Labute approximate surface area is 56.2 Å². The standard InChI is InChI=1S/C5H5.CH3.Ti.2H/c1-2-4-5-3-1;;;;/h1-3H,4H2;1H3;;;/q;;+2;2*-1. The molecule has 7 heavy (non-hydrogen) atoms. The fourth-order valence-corrected chi connectivity index (χ4v) is 1.55. The van der Waals surface area contributed by atoms with Crippen LogP contribution in [0, 0.1) is 0 Å². The zero-order valence-corrected chi connectivity index (χ0v) is 6.00. The Morgan fingerprint density at radius 1 is 1.86 bits per heavy atom. The maximum absolute atomic E-state index is 2.32. The zero-order chi connectivity index (χ0) is 5.11. The normalized spacial score (nSPS) is 16.4. The van der Waals surface area contributed by atoms with Crippen molar-refractivity contribution in [1.82, 2.24) is 0 Å². The largest absolute Gasteiger partial charge is 1.00 e. The summed E-state index contributed by atoms with van der Waals surface area (Å²) in [6, 6.07) is 0. The van der Waals surface area contributed by atoms with E-state index in [1.807, 2.05) is 0 Å². The van der Waals surface area contributed by atoms with Crippen molar-refractivity contribution in [2.45, 2.75) is 11.6 Å². The Hall–Kier alpha value is 0.194. The summed E-state index contributed by atoms with van der Waals surface area (Å²) in [6.45, 7) is 0. The van der Waals surface area contributed by atoms with Gasteiger partial charge in [-0.05, 0) is 0 Å². The predicted molar refractivity (Wildman–Crippen MR) is 29.9 cm³/mol. The predicted octanol–water partition coefficient (Wildman–Crippen LogP) is 2.19. The van der Waals surface area contributed by atoms with Crippen LogP contribution in [0.3, 0.4) is 0 Å². The third kappa shape index (κ3) is 1.29. The summed E-state index contributed by atoms with van der Waals surface area (Å²) < 4.78 is 1.68. The summed E-state index contributed by atoms with van der Waals surface area (Å²) in [4.78, 5) is 0. The Bertz CT molecular complexity index is 118. The molecule has 0 spiro atoms. The van der Waals surface area contributed by atoms with Gasteiger partial charge in [-0.15, -0.1) is 0 Å². The van der Waals surface area contributed by atoms with Gasteiger partial charge in [0.2, 0.25) is 0 Å². The van der Waals surface area contributed by atoms with E-state index in [9.17, 15) is 0 Å². The third-order valence-electron chi connectivity index (χ3n) is 1.09. The van der Waals surface area contributed by atoms with E-state index in [2.05, 4.69) is 23.5 Å². The van der Waals surface area contributed by atoms with Crippen LogP contribution in [0.15, 0.2) is 22.1 Å². The van der Waals surface area contributed by atoms with Crippen molar-refractivity contribution in [2.75, 3.05) is 0 Å². The van der Waals surface area contributed by atoms with Crippen molar-refractivity contribution in [3.8, 4) is 0 Å². The van der Waals surface area contributed by atoms with E-state index < -0.39 is 0 Å². The second-order valence-electron chi connectivity index (χ2n) is 1.57. The number of rotatable bonds is 1. The molecule has 0 aromatic rings. The molecule has 0 aromatic carbocycles. The summed E-state index contributed by atoms with van der Waals surface area (Å²) >= 11 is 0.292. The van der Waals surface area contributed by atoms with Gasteiger partial charge < -0.3 is 2.85 Å². The average molecular weight is 130 g/mol.